The molecule has 0 radical (unpaired) electrons. The molecule has 146 valence electrons. The van der Waals surface area contributed by atoms with E-state index in [9.17, 15) is 0 Å². The molecule has 0 aliphatic rings. The molecule has 2 atom stereocenters. The highest BCUT2D eigenvalue weighted by atomic mass is 14.9. The van der Waals surface area contributed by atoms with Crippen LogP contribution in [-0.4, -0.2) is 19.9 Å². The van der Waals surface area contributed by atoms with Crippen molar-refractivity contribution in [3.63, 3.8) is 0 Å². The van der Waals surface area contributed by atoms with E-state index in [2.05, 4.69) is 55.6 Å². The van der Waals surface area contributed by atoms with Crippen LogP contribution in [-0.2, 0) is 5.41 Å². The molecule has 4 heteroatoms. The monoisotopic (exact) mass is 374 g/mol. The second-order valence-corrected chi connectivity index (χ2v) is 8.63. The molecule has 0 aliphatic carbocycles. The van der Waals surface area contributed by atoms with E-state index in [1.165, 1.54) is 0 Å². The van der Waals surface area contributed by atoms with Crippen LogP contribution in [0.1, 0.15) is 76.4 Å². The van der Waals surface area contributed by atoms with Gasteiger partial charge in [0.2, 0.25) is 0 Å². The predicted molar refractivity (Wildman–Crippen MR) is 114 cm³/mol. The van der Waals surface area contributed by atoms with Crippen LogP contribution < -0.4 is 0 Å². The molecule has 2 heterocycles. The second kappa shape index (κ2) is 8.59. The molecule has 3 rings (SSSR count). The number of benzene rings is 1. The van der Waals surface area contributed by atoms with Crippen molar-refractivity contribution in [2.75, 3.05) is 0 Å². The van der Waals surface area contributed by atoms with Crippen LogP contribution in [0.3, 0.4) is 0 Å². The number of hydrogen-bond donors (Lipinski definition) is 0. The van der Waals surface area contributed by atoms with Crippen molar-refractivity contribution in [2.45, 2.75) is 64.7 Å². The molecule has 2 aromatic heterocycles. The van der Waals surface area contributed by atoms with Crippen LogP contribution in [0.2, 0.25) is 0 Å². The highest BCUT2D eigenvalue weighted by molar-refractivity contribution is 5.54. The molecule has 0 N–H and O–H groups in total. The first-order chi connectivity index (χ1) is 13.3. The number of nitrogens with zero attached hydrogens (tertiary/aromatic N) is 4. The van der Waals surface area contributed by atoms with Crippen LogP contribution in [0.15, 0.2) is 55.0 Å². The molecule has 3 aromatic rings. The molecule has 1 aromatic carbocycles. The van der Waals surface area contributed by atoms with Crippen molar-refractivity contribution in [3.8, 4) is 11.4 Å². The average Bonchev–Trinajstić information content (AvgIpc) is 2.72. The van der Waals surface area contributed by atoms with Gasteiger partial charge in [-0.25, -0.2) is 19.9 Å². The summed E-state index contributed by atoms with van der Waals surface area (Å²) in [5.41, 5.74) is 4.42. The SMILES string of the molecule is CC(CCC(C)c1ccnc(-c2ccccc2)n1)c1cc(C(C)(C)C)ncn1. The lowest BCUT2D eigenvalue weighted by molar-refractivity contribution is 0.542. The fourth-order valence-corrected chi connectivity index (χ4v) is 3.22. The molecule has 0 amide bonds. The quantitative estimate of drug-likeness (QED) is 0.537. The van der Waals surface area contributed by atoms with Gasteiger partial charge < -0.3 is 0 Å². The van der Waals surface area contributed by atoms with Crippen molar-refractivity contribution in [1.29, 1.82) is 0 Å². The Morgan fingerprint density at radius 2 is 1.50 bits per heavy atom. The summed E-state index contributed by atoms with van der Waals surface area (Å²) in [5.74, 6) is 1.56. The van der Waals surface area contributed by atoms with Crippen molar-refractivity contribution < 1.29 is 0 Å². The Kier molecular flexibility index (Phi) is 6.18. The van der Waals surface area contributed by atoms with Crippen LogP contribution >= 0.6 is 0 Å². The first-order valence-corrected chi connectivity index (χ1v) is 10.1. The summed E-state index contributed by atoms with van der Waals surface area (Å²) in [5, 5.41) is 0. The largest absolute Gasteiger partial charge is 0.241 e. The van der Waals surface area contributed by atoms with Crippen LogP contribution in [0.4, 0.5) is 0 Å². The maximum atomic E-state index is 4.80. The fraction of sp³-hybridized carbons (Fsp3) is 0.417. The van der Waals surface area contributed by atoms with E-state index in [-0.39, 0.29) is 5.41 Å². The molecular weight excluding hydrogens is 344 g/mol. The van der Waals surface area contributed by atoms with Crippen molar-refractivity contribution in [1.82, 2.24) is 19.9 Å². The topological polar surface area (TPSA) is 51.6 Å². The Morgan fingerprint density at radius 1 is 0.821 bits per heavy atom. The van der Waals surface area contributed by atoms with Gasteiger partial charge in [-0.05, 0) is 36.8 Å². The molecule has 28 heavy (non-hydrogen) atoms. The zero-order valence-corrected chi connectivity index (χ0v) is 17.6. The highest BCUT2D eigenvalue weighted by Gasteiger charge is 2.18. The number of aromatic nitrogens is 4. The van der Waals surface area contributed by atoms with Gasteiger partial charge in [-0.1, -0.05) is 65.0 Å². The van der Waals surface area contributed by atoms with Gasteiger partial charge in [0.25, 0.3) is 0 Å². The normalized spacial score (nSPS) is 13.9. The molecule has 4 nitrogen and oxygen atoms in total. The zero-order valence-electron chi connectivity index (χ0n) is 17.6. The summed E-state index contributed by atoms with van der Waals surface area (Å²) in [6, 6.07) is 14.3. The van der Waals surface area contributed by atoms with E-state index in [1.54, 1.807) is 6.33 Å². The Bertz CT molecular complexity index is 900. The van der Waals surface area contributed by atoms with Gasteiger partial charge >= 0.3 is 0 Å². The van der Waals surface area contributed by atoms with Crippen molar-refractivity contribution >= 4 is 0 Å². The molecule has 0 bridgehead atoms. The van der Waals surface area contributed by atoms with E-state index < -0.39 is 0 Å². The predicted octanol–water partition coefficient (Wildman–Crippen LogP) is 5.92. The third-order valence-corrected chi connectivity index (χ3v) is 5.21. The average molecular weight is 375 g/mol. The first kappa shape index (κ1) is 20.1. The Balaban J connectivity index is 1.67. The Morgan fingerprint density at radius 3 is 2.18 bits per heavy atom. The molecule has 0 fully saturated rings. The van der Waals surface area contributed by atoms with Gasteiger partial charge in [-0.3, -0.25) is 0 Å². The van der Waals surface area contributed by atoms with E-state index >= 15 is 0 Å². The van der Waals surface area contributed by atoms with Crippen molar-refractivity contribution in [3.05, 3.63) is 72.1 Å². The minimum Gasteiger partial charge on any atom is -0.241 e. The maximum absolute atomic E-state index is 4.80. The third kappa shape index (κ3) is 5.00. The van der Waals surface area contributed by atoms with Crippen LogP contribution in [0.5, 0.6) is 0 Å². The Labute approximate surface area is 168 Å². The van der Waals surface area contributed by atoms with Gasteiger partial charge in [-0.2, -0.15) is 0 Å². The number of hydrogen-bond acceptors (Lipinski definition) is 4. The Hall–Kier alpha value is -2.62. The molecule has 0 spiro atoms. The summed E-state index contributed by atoms with van der Waals surface area (Å²) < 4.78 is 0. The van der Waals surface area contributed by atoms with Gasteiger partial charge in [0.1, 0.15) is 6.33 Å². The van der Waals surface area contributed by atoms with E-state index in [0.717, 1.165) is 41.3 Å². The van der Waals surface area contributed by atoms with Gasteiger partial charge in [0, 0.05) is 34.3 Å². The molecule has 0 saturated carbocycles. The fourth-order valence-electron chi connectivity index (χ4n) is 3.22. The summed E-state index contributed by atoms with van der Waals surface area (Å²) in [6.45, 7) is 11.0. The minimum atomic E-state index is 0.0412. The highest BCUT2D eigenvalue weighted by Crippen LogP contribution is 2.28. The summed E-state index contributed by atoms with van der Waals surface area (Å²) in [6.07, 6.45) is 5.69. The lowest BCUT2D eigenvalue weighted by Gasteiger charge is -2.20. The summed E-state index contributed by atoms with van der Waals surface area (Å²) in [4.78, 5) is 18.2. The van der Waals surface area contributed by atoms with E-state index in [1.807, 2.05) is 42.6 Å². The minimum absolute atomic E-state index is 0.0412. The first-order valence-electron chi connectivity index (χ1n) is 10.1. The standard InChI is InChI=1S/C24H30N4/c1-17(20-13-14-25-23(28-20)19-9-7-6-8-10-19)11-12-18(2)21-15-22(24(3,4)5)27-16-26-21/h6-10,13-18H,11-12H2,1-5H3. The summed E-state index contributed by atoms with van der Waals surface area (Å²) >= 11 is 0. The molecule has 0 saturated heterocycles. The lowest BCUT2D eigenvalue weighted by atomic mass is 9.89. The maximum Gasteiger partial charge on any atom is 0.159 e. The second-order valence-electron chi connectivity index (χ2n) is 8.63. The van der Waals surface area contributed by atoms with Crippen LogP contribution in [0.25, 0.3) is 11.4 Å². The van der Waals surface area contributed by atoms with E-state index in [4.69, 9.17) is 4.98 Å². The third-order valence-electron chi connectivity index (χ3n) is 5.21. The molecule has 0 aliphatic heterocycles. The van der Waals surface area contributed by atoms with E-state index in [0.29, 0.717) is 11.8 Å². The molecular formula is C24H30N4. The van der Waals surface area contributed by atoms with Crippen LogP contribution in [0, 0.1) is 0 Å². The van der Waals surface area contributed by atoms with Gasteiger partial charge in [0.05, 0.1) is 0 Å². The number of rotatable bonds is 6. The lowest BCUT2D eigenvalue weighted by Crippen LogP contribution is -2.15. The van der Waals surface area contributed by atoms with Crippen molar-refractivity contribution in [2.24, 2.45) is 0 Å². The zero-order chi connectivity index (χ0) is 20.1. The van der Waals surface area contributed by atoms with Gasteiger partial charge in [0.15, 0.2) is 5.82 Å². The molecule has 2 unspecified atom stereocenters. The summed E-state index contributed by atoms with van der Waals surface area (Å²) in [7, 11) is 0. The smallest absolute Gasteiger partial charge is 0.159 e. The van der Waals surface area contributed by atoms with Gasteiger partial charge in [-0.15, -0.1) is 0 Å².